The van der Waals surface area contributed by atoms with Crippen LogP contribution in [0.2, 0.25) is 0 Å². The number of nitrogens with zero attached hydrogens (tertiary/aromatic N) is 2. The minimum absolute atomic E-state index is 0.137. The number of ether oxygens (including phenoxy) is 2. The Balaban J connectivity index is 2.06. The summed E-state index contributed by atoms with van der Waals surface area (Å²) in [4.78, 5) is 17.9. The van der Waals surface area contributed by atoms with Crippen LogP contribution in [0.4, 0.5) is 5.69 Å². The van der Waals surface area contributed by atoms with Crippen LogP contribution in [0.15, 0.2) is 12.3 Å². The van der Waals surface area contributed by atoms with Crippen molar-refractivity contribution in [3.8, 4) is 5.88 Å². The van der Waals surface area contributed by atoms with E-state index in [2.05, 4.69) is 21.7 Å². The van der Waals surface area contributed by atoms with Crippen molar-refractivity contribution in [2.75, 3.05) is 33.0 Å². The molecule has 0 bridgehead atoms. The van der Waals surface area contributed by atoms with E-state index >= 15 is 0 Å². The van der Waals surface area contributed by atoms with Crippen LogP contribution in [0.5, 0.6) is 5.88 Å². The molecule has 0 spiro atoms. The van der Waals surface area contributed by atoms with Gasteiger partial charge in [-0.2, -0.15) is 0 Å². The average molecular weight is 265 g/mol. The molecule has 1 fully saturated rings. The molecule has 0 aromatic carbocycles. The summed E-state index contributed by atoms with van der Waals surface area (Å²) in [6, 6.07) is 1.54. The summed E-state index contributed by atoms with van der Waals surface area (Å²) in [6.07, 6.45) is 3.47. The molecule has 0 aliphatic carbocycles. The summed E-state index contributed by atoms with van der Waals surface area (Å²) in [5.41, 5.74) is 6.28. The molecule has 1 aliphatic rings. The van der Waals surface area contributed by atoms with Crippen LogP contribution >= 0.6 is 0 Å². The molecule has 1 aromatic rings. The topological polar surface area (TPSA) is 77.7 Å². The monoisotopic (exact) mass is 265 g/mol. The molecule has 1 aromatic heterocycles. The van der Waals surface area contributed by atoms with Crippen LogP contribution in [0, 0.1) is 0 Å². The molecule has 104 valence electrons. The zero-order valence-corrected chi connectivity index (χ0v) is 11.3. The van der Waals surface area contributed by atoms with E-state index in [1.807, 2.05) is 0 Å². The molecule has 6 heteroatoms. The van der Waals surface area contributed by atoms with E-state index in [1.165, 1.54) is 13.3 Å². The van der Waals surface area contributed by atoms with Crippen molar-refractivity contribution in [3.63, 3.8) is 0 Å². The first kappa shape index (κ1) is 13.6. The van der Waals surface area contributed by atoms with E-state index in [0.29, 0.717) is 17.1 Å². The third-order valence-corrected chi connectivity index (χ3v) is 3.27. The Morgan fingerprint density at radius 2 is 2.16 bits per heavy atom. The van der Waals surface area contributed by atoms with E-state index in [1.54, 1.807) is 6.07 Å². The minimum Gasteiger partial charge on any atom is -0.474 e. The number of esters is 1. The van der Waals surface area contributed by atoms with Crippen molar-refractivity contribution in [2.45, 2.75) is 18.9 Å². The van der Waals surface area contributed by atoms with Gasteiger partial charge in [0.25, 0.3) is 0 Å². The molecule has 6 nitrogen and oxygen atoms in total. The number of nitrogen functional groups attached to an aromatic ring is 1. The number of hydrogen-bond acceptors (Lipinski definition) is 6. The summed E-state index contributed by atoms with van der Waals surface area (Å²) >= 11 is 0. The van der Waals surface area contributed by atoms with Crippen LogP contribution in [-0.2, 0) is 4.74 Å². The fraction of sp³-hybridized carbons (Fsp3) is 0.538. The van der Waals surface area contributed by atoms with Crippen molar-refractivity contribution >= 4 is 11.7 Å². The smallest absolute Gasteiger partial charge is 0.340 e. The van der Waals surface area contributed by atoms with Gasteiger partial charge in [-0.1, -0.05) is 0 Å². The summed E-state index contributed by atoms with van der Waals surface area (Å²) < 4.78 is 10.5. The Kier molecular flexibility index (Phi) is 4.21. The third-order valence-electron chi connectivity index (χ3n) is 3.27. The van der Waals surface area contributed by atoms with Gasteiger partial charge >= 0.3 is 5.97 Å². The third kappa shape index (κ3) is 3.35. The maximum atomic E-state index is 11.5. The van der Waals surface area contributed by atoms with Gasteiger partial charge < -0.3 is 20.1 Å². The highest BCUT2D eigenvalue weighted by Gasteiger charge is 2.19. The molecular weight excluding hydrogens is 246 g/mol. The van der Waals surface area contributed by atoms with Crippen molar-refractivity contribution in [3.05, 3.63) is 17.8 Å². The van der Waals surface area contributed by atoms with Crippen LogP contribution in [-0.4, -0.2) is 49.2 Å². The van der Waals surface area contributed by atoms with Crippen LogP contribution in [0.1, 0.15) is 23.2 Å². The first-order valence-corrected chi connectivity index (χ1v) is 6.29. The molecule has 2 heterocycles. The second-order valence-corrected chi connectivity index (χ2v) is 4.72. The van der Waals surface area contributed by atoms with Gasteiger partial charge in [0.15, 0.2) is 0 Å². The van der Waals surface area contributed by atoms with Gasteiger partial charge in [0.1, 0.15) is 6.10 Å². The van der Waals surface area contributed by atoms with E-state index in [0.717, 1.165) is 25.9 Å². The van der Waals surface area contributed by atoms with Gasteiger partial charge in [-0.05, 0) is 19.9 Å². The standard InChI is InChI=1S/C13H19N3O3/c1-16-5-3-9(4-6-16)19-12-7-10(13(17)18-2)11(14)8-15-12/h7-9H,3-6,14H2,1-2H3. The lowest BCUT2D eigenvalue weighted by molar-refractivity contribution is 0.0600. The Morgan fingerprint density at radius 1 is 1.47 bits per heavy atom. The van der Waals surface area contributed by atoms with Gasteiger partial charge in [0.05, 0.1) is 24.6 Å². The highest BCUT2D eigenvalue weighted by atomic mass is 16.5. The molecule has 0 saturated carbocycles. The molecule has 19 heavy (non-hydrogen) atoms. The molecule has 2 N–H and O–H groups in total. The zero-order valence-electron chi connectivity index (χ0n) is 11.3. The lowest BCUT2D eigenvalue weighted by Gasteiger charge is -2.29. The van der Waals surface area contributed by atoms with Crippen molar-refractivity contribution < 1.29 is 14.3 Å². The Labute approximate surface area is 112 Å². The number of piperidine rings is 1. The number of likely N-dealkylation sites (tertiary alicyclic amines) is 1. The summed E-state index contributed by atoms with van der Waals surface area (Å²) in [7, 11) is 3.41. The highest BCUT2D eigenvalue weighted by Crippen LogP contribution is 2.21. The number of rotatable bonds is 3. The second-order valence-electron chi connectivity index (χ2n) is 4.72. The Hall–Kier alpha value is -1.82. The fourth-order valence-corrected chi connectivity index (χ4v) is 2.07. The van der Waals surface area contributed by atoms with Gasteiger partial charge in [-0.25, -0.2) is 9.78 Å². The average Bonchev–Trinajstić information content (AvgIpc) is 2.42. The predicted octanol–water partition coefficient (Wildman–Crippen LogP) is 0.923. The molecule has 0 radical (unpaired) electrons. The molecular formula is C13H19N3O3. The van der Waals surface area contributed by atoms with Crippen LogP contribution < -0.4 is 10.5 Å². The van der Waals surface area contributed by atoms with Gasteiger partial charge in [0.2, 0.25) is 5.88 Å². The van der Waals surface area contributed by atoms with Crippen LogP contribution in [0.3, 0.4) is 0 Å². The lowest BCUT2D eigenvalue weighted by Crippen LogP contribution is -2.35. The predicted molar refractivity (Wildman–Crippen MR) is 71.1 cm³/mol. The van der Waals surface area contributed by atoms with E-state index < -0.39 is 5.97 Å². The first-order valence-electron chi connectivity index (χ1n) is 6.29. The first-order chi connectivity index (χ1) is 9.10. The number of hydrogen-bond donors (Lipinski definition) is 1. The summed E-state index contributed by atoms with van der Waals surface area (Å²) in [6.45, 7) is 2.01. The van der Waals surface area contributed by atoms with Crippen molar-refractivity contribution in [1.29, 1.82) is 0 Å². The number of carbonyl (C=O) groups excluding carboxylic acids is 1. The van der Waals surface area contributed by atoms with E-state index in [9.17, 15) is 4.79 Å². The Morgan fingerprint density at radius 3 is 2.79 bits per heavy atom. The summed E-state index contributed by atoms with van der Waals surface area (Å²) in [5, 5.41) is 0. The molecule has 0 amide bonds. The van der Waals surface area contributed by atoms with E-state index in [4.69, 9.17) is 10.5 Å². The molecule has 0 atom stereocenters. The number of anilines is 1. The number of carbonyl (C=O) groups is 1. The Bertz CT molecular complexity index is 456. The lowest BCUT2D eigenvalue weighted by atomic mass is 10.1. The highest BCUT2D eigenvalue weighted by molar-refractivity contribution is 5.95. The van der Waals surface area contributed by atoms with Gasteiger partial charge in [-0.15, -0.1) is 0 Å². The second kappa shape index (κ2) is 5.88. The maximum absolute atomic E-state index is 11.5. The SMILES string of the molecule is COC(=O)c1cc(OC2CCN(C)CC2)ncc1N. The normalized spacial score (nSPS) is 17.2. The molecule has 0 unspecified atom stereocenters. The number of methoxy groups -OCH3 is 1. The summed E-state index contributed by atoms with van der Waals surface area (Å²) in [5.74, 6) is -0.0581. The number of nitrogens with two attached hydrogens (primary N) is 1. The van der Waals surface area contributed by atoms with Gasteiger partial charge in [0, 0.05) is 19.2 Å². The maximum Gasteiger partial charge on any atom is 0.340 e. The van der Waals surface area contributed by atoms with Crippen molar-refractivity contribution in [2.24, 2.45) is 0 Å². The fourth-order valence-electron chi connectivity index (χ4n) is 2.07. The van der Waals surface area contributed by atoms with E-state index in [-0.39, 0.29) is 6.10 Å². The van der Waals surface area contributed by atoms with Crippen molar-refractivity contribution in [1.82, 2.24) is 9.88 Å². The zero-order chi connectivity index (χ0) is 13.8. The molecule has 2 rings (SSSR count). The molecule has 1 aliphatic heterocycles. The van der Waals surface area contributed by atoms with Crippen LogP contribution in [0.25, 0.3) is 0 Å². The molecule has 1 saturated heterocycles. The number of aromatic nitrogens is 1. The number of pyridine rings is 1. The quantitative estimate of drug-likeness (QED) is 0.819. The largest absolute Gasteiger partial charge is 0.474 e. The van der Waals surface area contributed by atoms with Gasteiger partial charge in [-0.3, -0.25) is 0 Å². The minimum atomic E-state index is -0.479.